The highest BCUT2D eigenvalue weighted by Gasteiger charge is 2.28. The fraction of sp³-hybridized carbons (Fsp3) is 0.440. The molecule has 0 saturated heterocycles. The summed E-state index contributed by atoms with van der Waals surface area (Å²) < 4.78 is 14.2. The van der Waals surface area contributed by atoms with Gasteiger partial charge in [-0.3, -0.25) is 4.79 Å². The van der Waals surface area contributed by atoms with Crippen LogP contribution in [0, 0.1) is 0 Å². The number of carbonyl (C=O) groups is 2. The first-order chi connectivity index (χ1) is 17.4. The number of thioether (sulfide) groups is 1. The number of esters is 1. The Morgan fingerprint density at radius 3 is 2.67 bits per heavy atom. The minimum atomic E-state index is -0.367. The van der Waals surface area contributed by atoms with Crippen molar-refractivity contribution in [2.75, 3.05) is 11.1 Å². The minimum Gasteiger partial charge on any atom is -0.486 e. The maximum absolute atomic E-state index is 12.9. The highest BCUT2D eigenvalue weighted by atomic mass is 79.9. The van der Waals surface area contributed by atoms with Gasteiger partial charge in [0.05, 0.1) is 17.4 Å². The van der Waals surface area contributed by atoms with Crippen LogP contribution in [-0.2, 0) is 35.5 Å². The van der Waals surface area contributed by atoms with Gasteiger partial charge in [0.25, 0.3) is 0 Å². The van der Waals surface area contributed by atoms with Crippen molar-refractivity contribution in [2.45, 2.75) is 70.9 Å². The molecular formula is C25H29BrN4O4S2. The van der Waals surface area contributed by atoms with E-state index in [1.165, 1.54) is 28.0 Å². The molecule has 4 rings (SSSR count). The third kappa shape index (κ3) is 6.49. The molecule has 1 aliphatic carbocycles. The van der Waals surface area contributed by atoms with Crippen molar-refractivity contribution in [3.8, 4) is 5.75 Å². The molecule has 0 spiro atoms. The van der Waals surface area contributed by atoms with Crippen LogP contribution in [0.25, 0.3) is 0 Å². The van der Waals surface area contributed by atoms with Crippen LogP contribution in [0.1, 0.15) is 60.2 Å². The molecule has 0 atom stereocenters. The number of aromatic nitrogens is 3. The number of hydrogen-bond donors (Lipinski definition) is 1. The van der Waals surface area contributed by atoms with Gasteiger partial charge >= 0.3 is 5.97 Å². The van der Waals surface area contributed by atoms with E-state index in [-0.39, 0.29) is 30.3 Å². The summed E-state index contributed by atoms with van der Waals surface area (Å²) in [5.41, 5.74) is 1.55. The Morgan fingerprint density at radius 1 is 1.19 bits per heavy atom. The second-order valence-corrected chi connectivity index (χ2v) is 11.6. The van der Waals surface area contributed by atoms with E-state index in [1.807, 2.05) is 49.6 Å². The number of carbonyl (C=O) groups excluding carboxylic acids is 2. The van der Waals surface area contributed by atoms with E-state index in [0.717, 1.165) is 41.5 Å². The molecule has 1 N–H and O–H groups in total. The SMILES string of the molecule is CCn1c(COc2ccc(Br)cc2)nnc1SCC(=O)Nc1sc2c(c1C(=O)OC(C)C)CCCC2. The molecule has 0 bridgehead atoms. The van der Waals surface area contributed by atoms with E-state index in [1.54, 1.807) is 0 Å². The molecule has 8 nitrogen and oxygen atoms in total. The van der Waals surface area contributed by atoms with Gasteiger partial charge in [0.2, 0.25) is 5.91 Å². The molecule has 0 radical (unpaired) electrons. The summed E-state index contributed by atoms with van der Waals surface area (Å²) in [7, 11) is 0. The molecule has 1 aromatic carbocycles. The molecule has 192 valence electrons. The smallest absolute Gasteiger partial charge is 0.341 e. The van der Waals surface area contributed by atoms with Crippen molar-refractivity contribution >= 4 is 55.9 Å². The van der Waals surface area contributed by atoms with Gasteiger partial charge in [-0.05, 0) is 76.3 Å². The molecule has 2 aromatic heterocycles. The standard InChI is InChI=1S/C25H29BrN4O4S2/c1-4-30-20(13-33-17-11-9-16(26)10-12-17)28-29-25(30)35-14-21(31)27-23-22(24(32)34-15(2)3)18-7-5-6-8-19(18)36-23/h9-12,15H,4-8,13-14H2,1-3H3,(H,27,31). The lowest BCUT2D eigenvalue weighted by molar-refractivity contribution is -0.113. The number of benzene rings is 1. The predicted molar refractivity (Wildman–Crippen MR) is 145 cm³/mol. The maximum Gasteiger partial charge on any atom is 0.341 e. The number of nitrogens with one attached hydrogen (secondary N) is 1. The highest BCUT2D eigenvalue weighted by molar-refractivity contribution is 9.10. The third-order valence-corrected chi connectivity index (χ3v) is 8.30. The molecule has 3 aromatic rings. The Hall–Kier alpha value is -2.37. The van der Waals surface area contributed by atoms with Crippen LogP contribution < -0.4 is 10.1 Å². The molecular weight excluding hydrogens is 564 g/mol. The van der Waals surface area contributed by atoms with Gasteiger partial charge in [-0.15, -0.1) is 21.5 Å². The monoisotopic (exact) mass is 592 g/mol. The molecule has 1 amide bonds. The Kier molecular flexibility index (Phi) is 9.08. The summed E-state index contributed by atoms with van der Waals surface area (Å²) in [5, 5.41) is 12.7. The van der Waals surface area contributed by atoms with Crippen LogP contribution in [0.2, 0.25) is 0 Å². The largest absolute Gasteiger partial charge is 0.486 e. The van der Waals surface area contributed by atoms with Gasteiger partial charge in [-0.2, -0.15) is 0 Å². The molecule has 11 heteroatoms. The van der Waals surface area contributed by atoms with Crippen LogP contribution in [-0.4, -0.2) is 38.5 Å². The van der Waals surface area contributed by atoms with Crippen molar-refractivity contribution < 1.29 is 19.1 Å². The molecule has 0 saturated carbocycles. The lowest BCUT2D eigenvalue weighted by Gasteiger charge is -2.14. The quantitative estimate of drug-likeness (QED) is 0.232. The second-order valence-electron chi connectivity index (χ2n) is 8.59. The van der Waals surface area contributed by atoms with Crippen LogP contribution >= 0.6 is 39.0 Å². The zero-order valence-electron chi connectivity index (χ0n) is 20.5. The number of amides is 1. The molecule has 2 heterocycles. The predicted octanol–water partition coefficient (Wildman–Crippen LogP) is 5.88. The zero-order chi connectivity index (χ0) is 25.7. The minimum absolute atomic E-state index is 0.146. The zero-order valence-corrected chi connectivity index (χ0v) is 23.7. The number of thiophene rings is 1. The number of ether oxygens (including phenoxy) is 2. The van der Waals surface area contributed by atoms with E-state index in [2.05, 4.69) is 31.4 Å². The fourth-order valence-electron chi connectivity index (χ4n) is 3.96. The summed E-state index contributed by atoms with van der Waals surface area (Å²) in [6.45, 7) is 6.58. The van der Waals surface area contributed by atoms with Crippen LogP contribution in [0.5, 0.6) is 5.75 Å². The highest BCUT2D eigenvalue weighted by Crippen LogP contribution is 2.39. The van der Waals surface area contributed by atoms with Crippen molar-refractivity contribution in [1.82, 2.24) is 14.8 Å². The van der Waals surface area contributed by atoms with E-state index in [4.69, 9.17) is 9.47 Å². The maximum atomic E-state index is 12.9. The number of fused-ring (bicyclic) bond motifs is 1. The average molecular weight is 594 g/mol. The van der Waals surface area contributed by atoms with Crippen molar-refractivity contribution in [1.29, 1.82) is 0 Å². The van der Waals surface area contributed by atoms with Gasteiger partial charge < -0.3 is 19.4 Å². The number of nitrogens with zero attached hydrogens (tertiary/aromatic N) is 3. The first-order valence-corrected chi connectivity index (χ1v) is 14.5. The third-order valence-electron chi connectivity index (χ3n) is 5.59. The Labute approximate surface area is 227 Å². The van der Waals surface area contributed by atoms with Crippen LogP contribution in [0.4, 0.5) is 5.00 Å². The molecule has 1 aliphatic rings. The van der Waals surface area contributed by atoms with Gasteiger partial charge in [-0.25, -0.2) is 4.79 Å². The molecule has 0 unspecified atom stereocenters. The fourth-order valence-corrected chi connectivity index (χ4v) is 6.34. The average Bonchev–Trinajstić information content (AvgIpc) is 3.42. The van der Waals surface area contributed by atoms with E-state index >= 15 is 0 Å². The van der Waals surface area contributed by atoms with Gasteiger partial charge in [0.1, 0.15) is 17.4 Å². The molecule has 0 aliphatic heterocycles. The van der Waals surface area contributed by atoms with Crippen molar-refractivity contribution in [3.05, 3.63) is 50.6 Å². The summed E-state index contributed by atoms with van der Waals surface area (Å²) in [6.07, 6.45) is 3.67. The number of anilines is 1. The number of aryl methyl sites for hydroxylation is 1. The normalized spacial score (nSPS) is 12.9. The molecule has 36 heavy (non-hydrogen) atoms. The number of halogens is 1. The van der Waals surface area contributed by atoms with Crippen LogP contribution in [0.15, 0.2) is 33.9 Å². The van der Waals surface area contributed by atoms with E-state index in [9.17, 15) is 9.59 Å². The van der Waals surface area contributed by atoms with Gasteiger partial charge in [-0.1, -0.05) is 27.7 Å². The van der Waals surface area contributed by atoms with Gasteiger partial charge in [0.15, 0.2) is 11.0 Å². The van der Waals surface area contributed by atoms with Crippen molar-refractivity contribution in [2.24, 2.45) is 0 Å². The van der Waals surface area contributed by atoms with E-state index < -0.39 is 0 Å². The lowest BCUT2D eigenvalue weighted by atomic mass is 9.95. The van der Waals surface area contributed by atoms with Crippen LogP contribution in [0.3, 0.4) is 0 Å². The number of rotatable bonds is 10. The van der Waals surface area contributed by atoms with Crippen molar-refractivity contribution in [3.63, 3.8) is 0 Å². The Balaban J connectivity index is 1.40. The summed E-state index contributed by atoms with van der Waals surface area (Å²) in [5.74, 6) is 1.01. The van der Waals surface area contributed by atoms with E-state index in [0.29, 0.717) is 28.1 Å². The Morgan fingerprint density at radius 2 is 1.94 bits per heavy atom. The second kappa shape index (κ2) is 12.2. The van der Waals surface area contributed by atoms with Gasteiger partial charge in [0, 0.05) is 15.9 Å². The first kappa shape index (κ1) is 26.7. The number of hydrogen-bond acceptors (Lipinski definition) is 8. The molecule has 0 fully saturated rings. The summed E-state index contributed by atoms with van der Waals surface area (Å²) >= 11 is 6.21. The topological polar surface area (TPSA) is 95.3 Å². The summed E-state index contributed by atoms with van der Waals surface area (Å²) in [6, 6.07) is 7.59. The Bertz CT molecular complexity index is 1220. The lowest BCUT2D eigenvalue weighted by Crippen LogP contribution is -2.19. The summed E-state index contributed by atoms with van der Waals surface area (Å²) in [4.78, 5) is 26.9. The first-order valence-electron chi connectivity index (χ1n) is 11.9.